The molecule has 0 aliphatic carbocycles. The molecule has 0 saturated carbocycles. The van der Waals surface area contributed by atoms with E-state index in [1.54, 1.807) is 48.8 Å². The van der Waals surface area contributed by atoms with Crippen LogP contribution in [0.15, 0.2) is 54.7 Å². The molecule has 3 atom stereocenters. The number of fused-ring (bicyclic) bond motifs is 1. The lowest BCUT2D eigenvalue weighted by Crippen LogP contribution is -2.53. The third-order valence-electron chi connectivity index (χ3n) is 15.4. The van der Waals surface area contributed by atoms with Crippen molar-refractivity contribution in [3.05, 3.63) is 69.4 Å². The number of ether oxygens (including phenoxy) is 1. The molecule has 32 heteroatoms. The van der Waals surface area contributed by atoms with E-state index < -0.39 is 91.1 Å². The SMILES string of the molecule is N#C[C@H]1CC(F)(F)CN1C(=O)CNC(=O)c1ccnc2ccc(OCCCN3CCN(C(=O)[C@H](O)CSCCNC(=O)[C@H](CSCCNC(=O)CCCc4ccc(I)cc4)NC(=O)CN4CCN(CC(=O)O)CCN(CC(=O)O)CCN(CC(=O)O)CC4)CC3)cc12. The van der Waals surface area contributed by atoms with Gasteiger partial charge in [-0.15, -0.1) is 0 Å². The topological polar surface area (TPSA) is 351 Å². The van der Waals surface area contributed by atoms with Crippen LogP contribution in [0.3, 0.4) is 0 Å². The van der Waals surface area contributed by atoms with Crippen LogP contribution in [0.2, 0.25) is 0 Å². The van der Waals surface area contributed by atoms with Crippen LogP contribution in [0.5, 0.6) is 5.75 Å². The number of carboxylic acids is 3. The quantitative estimate of drug-likeness (QED) is 0.0300. The number of alkyl halides is 2. The fraction of sp³-hybridized carbons (Fsp3) is 0.583. The Kier molecular flexibility index (Phi) is 31.2. The van der Waals surface area contributed by atoms with E-state index in [4.69, 9.17) is 4.74 Å². The van der Waals surface area contributed by atoms with Crippen LogP contribution >= 0.6 is 46.1 Å². The lowest BCUT2D eigenvalue weighted by atomic mass is 10.1. The number of hydrogen-bond donors (Lipinski definition) is 8. The van der Waals surface area contributed by atoms with Gasteiger partial charge in [-0.1, -0.05) is 12.1 Å². The summed E-state index contributed by atoms with van der Waals surface area (Å²) in [5, 5.41) is 60.5. The van der Waals surface area contributed by atoms with Gasteiger partial charge in [0.05, 0.1) is 63.0 Å². The minimum absolute atomic E-state index is 0.0623. The van der Waals surface area contributed by atoms with Gasteiger partial charge in [0.25, 0.3) is 17.7 Å². The number of nitriles is 1. The second-order valence-corrected chi connectivity index (χ2v) is 26.1. The molecule has 1 aromatic heterocycles. The average Bonchev–Trinajstić information content (AvgIpc) is 1.21. The second kappa shape index (κ2) is 38.6. The Balaban J connectivity index is 0.934. The largest absolute Gasteiger partial charge is 0.494 e. The van der Waals surface area contributed by atoms with Gasteiger partial charge in [-0.05, 0) is 83.8 Å². The summed E-state index contributed by atoms with van der Waals surface area (Å²) in [7, 11) is 0. The molecule has 3 fully saturated rings. The first-order valence-corrected chi connectivity index (χ1v) is 33.8. The summed E-state index contributed by atoms with van der Waals surface area (Å²) >= 11 is 4.85. The van der Waals surface area contributed by atoms with Crippen LogP contribution in [0, 0.1) is 14.9 Å². The van der Waals surface area contributed by atoms with E-state index in [0.29, 0.717) is 93.3 Å². The number of aliphatic carboxylic acids is 3. The van der Waals surface area contributed by atoms with E-state index in [9.17, 15) is 77.6 Å². The van der Waals surface area contributed by atoms with E-state index in [1.165, 1.54) is 35.8 Å². The maximum Gasteiger partial charge on any atom is 0.317 e. The highest BCUT2D eigenvalue weighted by molar-refractivity contribution is 14.1. The number of aliphatic hydroxyl groups is 1. The summed E-state index contributed by atoms with van der Waals surface area (Å²) in [5.41, 5.74) is 1.81. The number of piperazine rings is 1. The summed E-state index contributed by atoms with van der Waals surface area (Å²) in [5.74, 6) is -7.99. The Labute approximate surface area is 554 Å². The van der Waals surface area contributed by atoms with Crippen LogP contribution in [-0.4, -0.2) is 304 Å². The van der Waals surface area contributed by atoms with Crippen LogP contribution < -0.4 is 26.0 Å². The molecule has 3 aromatic rings. The Morgan fingerprint density at radius 1 is 0.717 bits per heavy atom. The maximum absolute atomic E-state index is 13.9. The molecule has 8 N–H and O–H groups in total. The molecule has 4 heterocycles. The van der Waals surface area contributed by atoms with E-state index in [1.807, 2.05) is 24.3 Å². The van der Waals surface area contributed by atoms with Crippen molar-refractivity contribution < 1.29 is 77.1 Å². The molecule has 6 rings (SSSR count). The van der Waals surface area contributed by atoms with Crippen molar-refractivity contribution in [1.82, 2.24) is 60.6 Å². The number of pyridine rings is 1. The van der Waals surface area contributed by atoms with E-state index in [0.717, 1.165) is 20.5 Å². The Hall–Kier alpha value is -6.58. The zero-order valence-corrected chi connectivity index (χ0v) is 55.0. The third kappa shape index (κ3) is 26.4. The van der Waals surface area contributed by atoms with Gasteiger partial charge in [0.15, 0.2) is 0 Å². The normalized spacial score (nSPS) is 17.9. The van der Waals surface area contributed by atoms with Gasteiger partial charge in [0, 0.05) is 149 Å². The van der Waals surface area contributed by atoms with Crippen molar-refractivity contribution in [3.8, 4) is 11.8 Å². The van der Waals surface area contributed by atoms with Crippen LogP contribution in [0.4, 0.5) is 8.78 Å². The summed E-state index contributed by atoms with van der Waals surface area (Å²) in [4.78, 5) is 130. The number of nitrogens with one attached hydrogen (secondary N) is 4. The molecule has 27 nitrogen and oxygen atoms in total. The number of likely N-dealkylation sites (tertiary alicyclic amines) is 1. The minimum Gasteiger partial charge on any atom is -0.494 e. The lowest BCUT2D eigenvalue weighted by molar-refractivity contribution is -0.141. The van der Waals surface area contributed by atoms with Crippen LogP contribution in [0.1, 0.15) is 41.6 Å². The minimum atomic E-state index is -3.19. The van der Waals surface area contributed by atoms with Crippen LogP contribution in [0.25, 0.3) is 10.9 Å². The lowest BCUT2D eigenvalue weighted by Gasteiger charge is -2.35. The summed E-state index contributed by atoms with van der Waals surface area (Å²) in [6.45, 7) is 2.21. The molecule has 3 aliphatic rings. The number of nitrogens with zero attached hydrogens (tertiary/aromatic N) is 9. The van der Waals surface area contributed by atoms with Gasteiger partial charge in [-0.2, -0.15) is 28.8 Å². The zero-order chi connectivity index (χ0) is 66.6. The highest BCUT2D eigenvalue weighted by atomic mass is 127. The number of halogens is 3. The molecule has 3 aliphatic heterocycles. The third-order valence-corrected chi connectivity index (χ3v) is 18.3. The van der Waals surface area contributed by atoms with Crippen LogP contribution in [-0.2, 0) is 44.8 Å². The molecule has 6 amide bonds. The summed E-state index contributed by atoms with van der Waals surface area (Å²) in [6, 6.07) is 14.0. The predicted molar refractivity (Wildman–Crippen MR) is 347 cm³/mol. The van der Waals surface area contributed by atoms with Gasteiger partial charge >= 0.3 is 17.9 Å². The fourth-order valence-electron chi connectivity index (χ4n) is 10.5. The summed E-state index contributed by atoms with van der Waals surface area (Å²) in [6.07, 6.45) is 1.75. The smallest absolute Gasteiger partial charge is 0.317 e. The van der Waals surface area contributed by atoms with E-state index in [-0.39, 0.29) is 108 Å². The second-order valence-electron chi connectivity index (χ2n) is 22.5. The molecule has 0 unspecified atom stereocenters. The maximum atomic E-state index is 13.9. The zero-order valence-electron chi connectivity index (χ0n) is 51.2. The molecule has 3 saturated heterocycles. The molecule has 504 valence electrons. The standard InChI is InChI=1S/C60H82F2IN13O14S2/c61-60(62)32-44(33-64)76(41-60)53(80)34-68-57(87)46-11-12-65-48-10-9-45(31-47(46)48)90-28-2-15-70-24-26-75(27-25-70)59(89)50(77)40-92-30-14-67-58(88)49(39-91-29-13-66-51(78)4-1-3-42-5-7-43(63)8-6-42)69-52(79)35-71-16-18-72(36-54(81)82)20-22-74(38-56(85)86)23-21-73(19-17-71)37-55(83)84/h5-12,31,44,49-50,77H,1-4,13-30,32,34-41H2,(H,66,78)(H,67,88)(H,68,87)(H,69,79)(H,81,82)(H,83,84)(H,85,86)/t44-,49+,50-/m1/s1. The monoisotopic (exact) mass is 1440 g/mol. The first-order chi connectivity index (χ1) is 44.0. The number of thioether (sulfide) groups is 2. The number of aliphatic hydroxyl groups excluding tert-OH is 1. The van der Waals surface area contributed by atoms with Crippen molar-refractivity contribution in [1.29, 1.82) is 5.26 Å². The number of carboxylic acid groups (broad SMARTS) is 3. The fourth-order valence-corrected chi connectivity index (χ4v) is 12.6. The van der Waals surface area contributed by atoms with Gasteiger partial charge in [0.1, 0.15) is 23.9 Å². The van der Waals surface area contributed by atoms with Crippen molar-refractivity contribution in [2.75, 3.05) is 167 Å². The van der Waals surface area contributed by atoms with Crippen molar-refractivity contribution >= 4 is 110 Å². The molecular formula is C60H82F2IN13O14S2. The van der Waals surface area contributed by atoms with Gasteiger partial charge < -0.3 is 56.2 Å². The van der Waals surface area contributed by atoms with Crippen molar-refractivity contribution in [2.45, 2.75) is 56.2 Å². The van der Waals surface area contributed by atoms with Crippen molar-refractivity contribution in [2.24, 2.45) is 0 Å². The summed E-state index contributed by atoms with van der Waals surface area (Å²) < 4.78 is 35.0. The Morgan fingerprint density at radius 2 is 1.29 bits per heavy atom. The number of carbonyl (C=O) groups excluding carboxylic acids is 6. The molecule has 0 spiro atoms. The highest BCUT2D eigenvalue weighted by Gasteiger charge is 2.47. The predicted octanol–water partition coefficient (Wildman–Crippen LogP) is 0.285. The van der Waals surface area contributed by atoms with Gasteiger partial charge in [0.2, 0.25) is 23.6 Å². The number of aryl methyl sites for hydroxylation is 1. The number of carbonyl (C=O) groups is 9. The molecule has 0 bridgehead atoms. The molecular weight excluding hydrogens is 1360 g/mol. The molecule has 2 aromatic carbocycles. The number of aromatic nitrogens is 1. The highest BCUT2D eigenvalue weighted by Crippen LogP contribution is 2.32. The average molecular weight is 1440 g/mol. The molecule has 92 heavy (non-hydrogen) atoms. The first-order valence-electron chi connectivity index (χ1n) is 30.4. The van der Waals surface area contributed by atoms with Gasteiger partial charge in [-0.3, -0.25) is 72.6 Å². The molecule has 0 radical (unpaired) electrons. The number of rotatable bonds is 33. The van der Waals surface area contributed by atoms with Gasteiger partial charge in [-0.25, -0.2) is 8.78 Å². The number of amides is 6. The van der Waals surface area contributed by atoms with E-state index >= 15 is 0 Å². The van der Waals surface area contributed by atoms with Crippen molar-refractivity contribution in [3.63, 3.8) is 0 Å². The number of benzene rings is 2. The first kappa shape index (κ1) is 74.5. The van der Waals surface area contributed by atoms with E-state index in [2.05, 4.69) is 53.7 Å². The Bertz CT molecular complexity index is 2990. The Morgan fingerprint density at radius 3 is 1.89 bits per heavy atom. The number of hydrogen-bond acceptors (Lipinski definition) is 20.